The molecular formula is C32H45ClN4O5. The molecule has 2 amide bonds. The first kappa shape index (κ1) is 33.5. The lowest BCUT2D eigenvalue weighted by atomic mass is 9.80. The second-order valence-electron chi connectivity index (χ2n) is 12.3. The van der Waals surface area contributed by atoms with Crippen molar-refractivity contribution < 1.29 is 23.9 Å². The van der Waals surface area contributed by atoms with E-state index < -0.39 is 29.1 Å². The van der Waals surface area contributed by atoms with Gasteiger partial charge >= 0.3 is 5.97 Å². The van der Waals surface area contributed by atoms with Gasteiger partial charge in [0.1, 0.15) is 11.6 Å². The molecule has 0 radical (unpaired) electrons. The fourth-order valence-electron chi connectivity index (χ4n) is 5.61. The van der Waals surface area contributed by atoms with Gasteiger partial charge in [0.2, 0.25) is 11.8 Å². The summed E-state index contributed by atoms with van der Waals surface area (Å²) in [6.45, 7) is 8.21. The summed E-state index contributed by atoms with van der Waals surface area (Å²) < 4.78 is 10.7. The number of hydrogen-bond acceptors (Lipinski definition) is 7. The van der Waals surface area contributed by atoms with Crippen molar-refractivity contribution in [2.24, 2.45) is 11.7 Å². The van der Waals surface area contributed by atoms with E-state index in [-0.39, 0.29) is 24.8 Å². The highest BCUT2D eigenvalue weighted by atomic mass is 35.5. The molecule has 10 heteroatoms. The second-order valence-corrected chi connectivity index (χ2v) is 12.7. The van der Waals surface area contributed by atoms with E-state index in [1.165, 1.54) is 7.11 Å². The minimum Gasteiger partial charge on any atom is -0.460 e. The van der Waals surface area contributed by atoms with Crippen molar-refractivity contribution in [1.29, 1.82) is 0 Å². The Kier molecular flexibility index (Phi) is 11.5. The summed E-state index contributed by atoms with van der Waals surface area (Å²) in [4.78, 5) is 48.7. The van der Waals surface area contributed by atoms with E-state index >= 15 is 0 Å². The molecule has 0 bridgehead atoms. The fourth-order valence-corrected chi connectivity index (χ4v) is 5.73. The molecule has 3 rings (SSSR count). The standard InChI is InChI=1S/C32H45ClN4O5/c1-22-9-7-10-26(35-22)17-24(18-28(38)42-31(2,3)4)29(39)37-16-8-15-32(21-37,19-23-11-13-25(33)14-12-23)36(5)30(40)27(34)20-41-6/h7,9-14,24,27H,8,15-21,34H2,1-6H3/t24-,27+,32-/m1/s1. The van der Waals surface area contributed by atoms with Crippen LogP contribution in [0.4, 0.5) is 0 Å². The van der Waals surface area contributed by atoms with Crippen LogP contribution in [0.5, 0.6) is 0 Å². The van der Waals surface area contributed by atoms with Crippen LogP contribution in [-0.2, 0) is 36.7 Å². The molecule has 3 atom stereocenters. The first-order valence-corrected chi connectivity index (χ1v) is 14.8. The third kappa shape index (κ3) is 9.24. The van der Waals surface area contributed by atoms with Crippen LogP contribution in [0.1, 0.15) is 57.0 Å². The molecular weight excluding hydrogens is 556 g/mol. The number of esters is 1. The molecule has 1 aromatic carbocycles. The van der Waals surface area contributed by atoms with Gasteiger partial charge in [0.25, 0.3) is 0 Å². The molecule has 230 valence electrons. The largest absolute Gasteiger partial charge is 0.460 e. The molecule has 1 aromatic heterocycles. The summed E-state index contributed by atoms with van der Waals surface area (Å²) in [6.07, 6.45) is 2.09. The number of halogens is 1. The Balaban J connectivity index is 1.94. The first-order valence-electron chi connectivity index (χ1n) is 14.4. The van der Waals surface area contributed by atoms with Crippen LogP contribution in [0, 0.1) is 12.8 Å². The number of rotatable bonds is 11. The molecule has 0 unspecified atom stereocenters. The number of hydrogen-bond donors (Lipinski definition) is 1. The third-order valence-corrected chi connectivity index (χ3v) is 7.85. The maximum atomic E-state index is 14.2. The Morgan fingerprint density at radius 3 is 2.48 bits per heavy atom. The maximum absolute atomic E-state index is 14.2. The van der Waals surface area contributed by atoms with E-state index in [0.29, 0.717) is 43.8 Å². The Hall–Kier alpha value is -3.01. The normalized spacial score (nSPS) is 18.7. The lowest BCUT2D eigenvalue weighted by Gasteiger charge is -2.49. The molecule has 1 aliphatic rings. The summed E-state index contributed by atoms with van der Waals surface area (Å²) in [5.41, 5.74) is 7.35. The summed E-state index contributed by atoms with van der Waals surface area (Å²) in [5.74, 6) is -1.52. The molecule has 1 aliphatic heterocycles. The number of methoxy groups -OCH3 is 1. The number of ether oxygens (including phenoxy) is 2. The number of likely N-dealkylation sites (tertiary alicyclic amines) is 1. The molecule has 0 saturated carbocycles. The molecule has 9 nitrogen and oxygen atoms in total. The van der Waals surface area contributed by atoms with E-state index in [1.54, 1.807) is 37.6 Å². The number of pyridine rings is 1. The third-order valence-electron chi connectivity index (χ3n) is 7.60. The number of nitrogens with two attached hydrogens (primary N) is 1. The first-order chi connectivity index (χ1) is 19.7. The predicted molar refractivity (Wildman–Crippen MR) is 163 cm³/mol. The summed E-state index contributed by atoms with van der Waals surface area (Å²) in [7, 11) is 3.25. The average Bonchev–Trinajstić information content (AvgIpc) is 2.92. The van der Waals surface area contributed by atoms with Gasteiger partial charge in [0.15, 0.2) is 0 Å². The zero-order valence-electron chi connectivity index (χ0n) is 25.7. The van der Waals surface area contributed by atoms with Gasteiger partial charge in [-0.2, -0.15) is 0 Å². The van der Waals surface area contributed by atoms with Gasteiger partial charge in [0.05, 0.1) is 24.5 Å². The number of amides is 2. The second kappa shape index (κ2) is 14.4. The van der Waals surface area contributed by atoms with E-state index in [2.05, 4.69) is 4.98 Å². The molecule has 2 N–H and O–H groups in total. The van der Waals surface area contributed by atoms with Gasteiger partial charge in [0, 0.05) is 50.1 Å². The van der Waals surface area contributed by atoms with E-state index in [1.807, 2.05) is 49.4 Å². The van der Waals surface area contributed by atoms with Crippen molar-refractivity contribution in [3.8, 4) is 0 Å². The highest BCUT2D eigenvalue weighted by Crippen LogP contribution is 2.33. The van der Waals surface area contributed by atoms with Crippen molar-refractivity contribution in [3.63, 3.8) is 0 Å². The van der Waals surface area contributed by atoms with Crippen LogP contribution in [0.15, 0.2) is 42.5 Å². The minimum absolute atomic E-state index is 0.0696. The fraction of sp³-hybridized carbons (Fsp3) is 0.562. The van der Waals surface area contributed by atoms with Gasteiger partial charge in [-0.1, -0.05) is 29.8 Å². The molecule has 1 fully saturated rings. The van der Waals surface area contributed by atoms with Crippen molar-refractivity contribution in [2.75, 3.05) is 33.9 Å². The Morgan fingerprint density at radius 1 is 1.17 bits per heavy atom. The van der Waals surface area contributed by atoms with Gasteiger partial charge in [-0.3, -0.25) is 19.4 Å². The number of piperidine rings is 1. The molecule has 2 heterocycles. The number of nitrogens with zero attached hydrogens (tertiary/aromatic N) is 3. The smallest absolute Gasteiger partial charge is 0.307 e. The molecule has 0 spiro atoms. The lowest BCUT2D eigenvalue weighted by Crippen LogP contribution is -2.64. The Morgan fingerprint density at radius 2 is 1.86 bits per heavy atom. The predicted octanol–water partition coefficient (Wildman–Crippen LogP) is 3.97. The number of aromatic nitrogens is 1. The van der Waals surface area contributed by atoms with Gasteiger partial charge in [-0.25, -0.2) is 0 Å². The average molecular weight is 601 g/mol. The Bertz CT molecular complexity index is 1230. The van der Waals surface area contributed by atoms with E-state index in [0.717, 1.165) is 17.0 Å². The van der Waals surface area contributed by atoms with Gasteiger partial charge < -0.3 is 25.0 Å². The number of carbonyl (C=O) groups excluding carboxylic acids is 3. The molecule has 42 heavy (non-hydrogen) atoms. The summed E-state index contributed by atoms with van der Waals surface area (Å²) in [6, 6.07) is 12.3. The van der Waals surface area contributed by atoms with Crippen molar-refractivity contribution in [3.05, 3.63) is 64.4 Å². The number of benzene rings is 1. The maximum Gasteiger partial charge on any atom is 0.307 e. The number of aryl methyl sites for hydroxylation is 1. The number of likely N-dealkylation sites (N-methyl/N-ethyl adjacent to an activating group) is 1. The van der Waals surface area contributed by atoms with Crippen LogP contribution in [0.2, 0.25) is 5.02 Å². The highest BCUT2D eigenvalue weighted by molar-refractivity contribution is 6.30. The molecule has 2 aromatic rings. The lowest BCUT2D eigenvalue weighted by molar-refractivity contribution is -0.159. The van der Waals surface area contributed by atoms with Crippen molar-refractivity contribution in [2.45, 2.75) is 77.0 Å². The van der Waals surface area contributed by atoms with Crippen LogP contribution < -0.4 is 5.73 Å². The number of carbonyl (C=O) groups is 3. The van der Waals surface area contributed by atoms with Crippen LogP contribution in [0.25, 0.3) is 0 Å². The van der Waals surface area contributed by atoms with Gasteiger partial charge in [-0.05, 0) is 76.8 Å². The summed E-state index contributed by atoms with van der Waals surface area (Å²) >= 11 is 6.15. The zero-order chi connectivity index (χ0) is 31.1. The molecule has 1 saturated heterocycles. The quantitative estimate of drug-likeness (QED) is 0.388. The minimum atomic E-state index is -0.833. The van der Waals surface area contributed by atoms with Crippen LogP contribution in [-0.4, -0.2) is 83.6 Å². The van der Waals surface area contributed by atoms with E-state index in [4.69, 9.17) is 26.8 Å². The van der Waals surface area contributed by atoms with Gasteiger partial charge in [-0.15, -0.1) is 0 Å². The van der Waals surface area contributed by atoms with Crippen molar-refractivity contribution in [1.82, 2.24) is 14.8 Å². The van der Waals surface area contributed by atoms with Crippen molar-refractivity contribution >= 4 is 29.4 Å². The van der Waals surface area contributed by atoms with Crippen LogP contribution in [0.3, 0.4) is 0 Å². The Labute approximate surface area is 254 Å². The highest BCUT2D eigenvalue weighted by Gasteiger charge is 2.44. The molecule has 0 aliphatic carbocycles. The van der Waals surface area contributed by atoms with E-state index in [9.17, 15) is 14.4 Å². The SMILES string of the molecule is COC[C@H](N)C(=O)N(C)[C@@]1(Cc2ccc(Cl)cc2)CCCN(C(=O)[C@@H](CC(=O)OC(C)(C)C)Cc2cccc(C)n2)C1. The topological polar surface area (TPSA) is 115 Å². The monoisotopic (exact) mass is 600 g/mol. The summed E-state index contributed by atoms with van der Waals surface area (Å²) in [5, 5.41) is 0.620. The van der Waals surface area contributed by atoms with Crippen LogP contribution >= 0.6 is 11.6 Å². The zero-order valence-corrected chi connectivity index (χ0v) is 26.4.